The van der Waals surface area contributed by atoms with Gasteiger partial charge in [0.1, 0.15) is 0 Å². The fourth-order valence-corrected chi connectivity index (χ4v) is 2.16. The standard InChI is InChI=1S/C15H13N3O2/c16-11-7-5-10(6-8-11)9-18-15(20)13-4-2-1-3-12(13)14(19)17-18/h1-8H,9,16H2,(H,17,19). The Hall–Kier alpha value is -2.82. The zero-order valence-corrected chi connectivity index (χ0v) is 10.7. The Morgan fingerprint density at radius 1 is 0.950 bits per heavy atom. The number of benzene rings is 2. The Kier molecular flexibility index (Phi) is 2.87. The number of H-pyrrole nitrogens is 1. The Labute approximate surface area is 114 Å². The number of nitrogens with zero attached hydrogens (tertiary/aromatic N) is 1. The Morgan fingerprint density at radius 3 is 2.30 bits per heavy atom. The van der Waals surface area contributed by atoms with E-state index in [4.69, 9.17) is 5.73 Å². The first kappa shape index (κ1) is 12.2. The van der Waals surface area contributed by atoms with Gasteiger partial charge < -0.3 is 5.73 Å². The molecule has 3 rings (SSSR count). The summed E-state index contributed by atoms with van der Waals surface area (Å²) >= 11 is 0. The number of anilines is 1. The van der Waals surface area contributed by atoms with E-state index in [2.05, 4.69) is 5.10 Å². The van der Waals surface area contributed by atoms with Gasteiger partial charge in [0.25, 0.3) is 11.1 Å². The van der Waals surface area contributed by atoms with Gasteiger partial charge in [0.05, 0.1) is 17.3 Å². The molecule has 0 atom stereocenters. The van der Waals surface area contributed by atoms with E-state index < -0.39 is 0 Å². The van der Waals surface area contributed by atoms with Crippen molar-refractivity contribution in [3.8, 4) is 0 Å². The molecule has 0 saturated heterocycles. The van der Waals surface area contributed by atoms with Crippen LogP contribution < -0.4 is 16.9 Å². The summed E-state index contributed by atoms with van der Waals surface area (Å²) in [5.41, 5.74) is 6.70. The highest BCUT2D eigenvalue weighted by atomic mass is 16.2. The number of hydrogen-bond donors (Lipinski definition) is 2. The van der Waals surface area contributed by atoms with Crippen molar-refractivity contribution in [2.45, 2.75) is 6.54 Å². The van der Waals surface area contributed by atoms with Crippen molar-refractivity contribution in [3.63, 3.8) is 0 Å². The molecule has 20 heavy (non-hydrogen) atoms. The van der Waals surface area contributed by atoms with Gasteiger partial charge in [-0.15, -0.1) is 0 Å². The first-order valence-corrected chi connectivity index (χ1v) is 6.21. The monoisotopic (exact) mass is 267 g/mol. The van der Waals surface area contributed by atoms with Gasteiger partial charge in [-0.25, -0.2) is 4.68 Å². The van der Waals surface area contributed by atoms with Gasteiger partial charge in [0.15, 0.2) is 0 Å². The van der Waals surface area contributed by atoms with Crippen LogP contribution in [0.25, 0.3) is 10.8 Å². The van der Waals surface area contributed by atoms with E-state index in [0.717, 1.165) is 5.56 Å². The number of rotatable bonds is 2. The lowest BCUT2D eigenvalue weighted by atomic mass is 10.2. The number of nitrogens with two attached hydrogens (primary N) is 1. The topological polar surface area (TPSA) is 80.9 Å². The van der Waals surface area contributed by atoms with E-state index in [1.807, 2.05) is 12.1 Å². The van der Waals surface area contributed by atoms with Crippen LogP contribution in [0.4, 0.5) is 5.69 Å². The third-order valence-corrected chi connectivity index (χ3v) is 3.20. The largest absolute Gasteiger partial charge is 0.399 e. The summed E-state index contributed by atoms with van der Waals surface area (Å²) in [7, 11) is 0. The van der Waals surface area contributed by atoms with Crippen LogP contribution in [0.15, 0.2) is 58.1 Å². The Morgan fingerprint density at radius 2 is 1.60 bits per heavy atom. The van der Waals surface area contributed by atoms with Gasteiger partial charge >= 0.3 is 0 Å². The smallest absolute Gasteiger partial charge is 0.273 e. The van der Waals surface area contributed by atoms with E-state index in [1.54, 1.807) is 36.4 Å². The number of nitrogen functional groups attached to an aromatic ring is 1. The fraction of sp³-hybridized carbons (Fsp3) is 0.0667. The van der Waals surface area contributed by atoms with E-state index in [9.17, 15) is 9.59 Å². The summed E-state index contributed by atoms with van der Waals surface area (Å²) in [6.45, 7) is 0.305. The first-order valence-electron chi connectivity index (χ1n) is 6.21. The van der Waals surface area contributed by atoms with E-state index in [0.29, 0.717) is 23.0 Å². The molecule has 0 unspecified atom stereocenters. The average Bonchev–Trinajstić information content (AvgIpc) is 2.47. The molecule has 0 aliphatic carbocycles. The predicted octanol–water partition coefficient (Wildman–Crippen LogP) is 1.32. The number of hydrogen-bond acceptors (Lipinski definition) is 3. The lowest BCUT2D eigenvalue weighted by Crippen LogP contribution is -2.30. The highest BCUT2D eigenvalue weighted by Crippen LogP contribution is 2.07. The molecule has 5 heteroatoms. The molecular formula is C15H13N3O2. The van der Waals surface area contributed by atoms with Crippen molar-refractivity contribution in [1.29, 1.82) is 0 Å². The fourth-order valence-electron chi connectivity index (χ4n) is 2.16. The van der Waals surface area contributed by atoms with Gasteiger partial charge in [0.2, 0.25) is 0 Å². The second-order valence-electron chi connectivity index (χ2n) is 4.62. The summed E-state index contributed by atoms with van der Waals surface area (Å²) in [4.78, 5) is 24.3. The Balaban J connectivity index is 2.13. The third-order valence-electron chi connectivity index (χ3n) is 3.20. The molecule has 100 valence electrons. The molecule has 3 N–H and O–H groups in total. The summed E-state index contributed by atoms with van der Waals surface area (Å²) in [6.07, 6.45) is 0. The van der Waals surface area contributed by atoms with Crippen LogP contribution in [0.3, 0.4) is 0 Å². The molecule has 3 aromatic rings. The van der Waals surface area contributed by atoms with Gasteiger partial charge in [-0.1, -0.05) is 24.3 Å². The molecule has 1 aromatic heterocycles. The normalized spacial score (nSPS) is 10.8. The molecule has 0 bridgehead atoms. The average molecular weight is 267 g/mol. The van der Waals surface area contributed by atoms with Crippen LogP contribution in [0.2, 0.25) is 0 Å². The molecule has 0 aliphatic rings. The summed E-state index contributed by atoms with van der Waals surface area (Å²) in [5.74, 6) is 0. The van der Waals surface area contributed by atoms with Crippen molar-refractivity contribution in [3.05, 3.63) is 74.8 Å². The van der Waals surface area contributed by atoms with Crippen LogP contribution in [0, 0.1) is 0 Å². The van der Waals surface area contributed by atoms with Gasteiger partial charge in [-0.05, 0) is 29.8 Å². The second-order valence-corrected chi connectivity index (χ2v) is 4.62. The van der Waals surface area contributed by atoms with Crippen molar-refractivity contribution < 1.29 is 0 Å². The molecular weight excluding hydrogens is 254 g/mol. The quantitative estimate of drug-likeness (QED) is 0.687. The molecule has 0 fully saturated rings. The number of fused-ring (bicyclic) bond motifs is 1. The van der Waals surface area contributed by atoms with E-state index in [-0.39, 0.29) is 11.1 Å². The minimum absolute atomic E-state index is 0.211. The predicted molar refractivity (Wildman–Crippen MR) is 78.8 cm³/mol. The molecule has 1 heterocycles. The minimum atomic E-state index is -0.268. The molecule has 5 nitrogen and oxygen atoms in total. The SMILES string of the molecule is Nc1ccc(Cn2[nH]c(=O)c3ccccc3c2=O)cc1. The van der Waals surface area contributed by atoms with Crippen molar-refractivity contribution in [1.82, 2.24) is 9.78 Å². The number of aromatic amines is 1. The molecule has 0 amide bonds. The lowest BCUT2D eigenvalue weighted by Gasteiger charge is -2.07. The lowest BCUT2D eigenvalue weighted by molar-refractivity contribution is 0.637. The molecule has 2 aromatic carbocycles. The highest BCUT2D eigenvalue weighted by Gasteiger charge is 2.06. The first-order chi connectivity index (χ1) is 9.65. The summed E-state index contributed by atoms with van der Waals surface area (Å²) < 4.78 is 1.32. The zero-order valence-electron chi connectivity index (χ0n) is 10.7. The molecule has 0 aliphatic heterocycles. The van der Waals surface area contributed by atoms with Crippen LogP contribution in [-0.4, -0.2) is 9.78 Å². The maximum Gasteiger partial charge on any atom is 0.273 e. The van der Waals surface area contributed by atoms with E-state index in [1.165, 1.54) is 4.68 Å². The van der Waals surface area contributed by atoms with Crippen LogP contribution in [-0.2, 0) is 6.54 Å². The van der Waals surface area contributed by atoms with Crippen LogP contribution in [0.5, 0.6) is 0 Å². The van der Waals surface area contributed by atoms with Gasteiger partial charge in [-0.2, -0.15) is 0 Å². The molecule has 0 spiro atoms. The third kappa shape index (κ3) is 2.09. The highest BCUT2D eigenvalue weighted by molar-refractivity contribution is 5.80. The number of nitrogens with one attached hydrogen (secondary N) is 1. The molecule has 0 saturated carbocycles. The van der Waals surface area contributed by atoms with Crippen LogP contribution >= 0.6 is 0 Å². The maximum absolute atomic E-state index is 12.3. The number of aromatic nitrogens is 2. The van der Waals surface area contributed by atoms with Crippen molar-refractivity contribution in [2.75, 3.05) is 5.73 Å². The second kappa shape index (κ2) is 4.70. The van der Waals surface area contributed by atoms with Gasteiger partial charge in [-0.3, -0.25) is 14.7 Å². The van der Waals surface area contributed by atoms with Crippen molar-refractivity contribution in [2.24, 2.45) is 0 Å². The molecule has 0 radical (unpaired) electrons. The maximum atomic E-state index is 12.3. The van der Waals surface area contributed by atoms with Gasteiger partial charge in [0, 0.05) is 5.69 Å². The minimum Gasteiger partial charge on any atom is -0.399 e. The van der Waals surface area contributed by atoms with Crippen LogP contribution in [0.1, 0.15) is 5.56 Å². The van der Waals surface area contributed by atoms with Crippen molar-refractivity contribution >= 4 is 16.5 Å². The van der Waals surface area contributed by atoms with E-state index >= 15 is 0 Å². The Bertz CT molecular complexity index is 876. The zero-order chi connectivity index (χ0) is 14.1. The summed E-state index contributed by atoms with van der Waals surface area (Å²) in [6, 6.07) is 14.0. The summed E-state index contributed by atoms with van der Waals surface area (Å²) in [5, 5.41) is 3.43.